The molecule has 0 unspecified atom stereocenters. The Morgan fingerprint density at radius 3 is 2.70 bits per heavy atom. The van der Waals surface area contributed by atoms with Crippen LogP contribution < -0.4 is 5.32 Å². The maximum Gasteiger partial charge on any atom is 0.416 e. The molecule has 20 heavy (non-hydrogen) atoms. The fourth-order valence-corrected chi connectivity index (χ4v) is 1.42. The lowest BCUT2D eigenvalue weighted by Gasteiger charge is -2.11. The van der Waals surface area contributed by atoms with Gasteiger partial charge in [-0.25, -0.2) is 0 Å². The number of carbonyl (C=O) groups is 1. The Kier molecular flexibility index (Phi) is 5.53. The number of benzene rings is 1. The number of nitrogens with one attached hydrogen (secondary N) is 1. The van der Waals surface area contributed by atoms with Crippen LogP contribution in [0.4, 0.5) is 18.9 Å². The molecule has 0 heterocycles. The summed E-state index contributed by atoms with van der Waals surface area (Å²) in [5.74, 6) is -0.519. The highest BCUT2D eigenvalue weighted by Crippen LogP contribution is 2.31. The molecule has 1 amide bonds. The van der Waals surface area contributed by atoms with Gasteiger partial charge < -0.3 is 10.1 Å². The Morgan fingerprint density at radius 1 is 1.45 bits per heavy atom. The second kappa shape index (κ2) is 6.91. The largest absolute Gasteiger partial charge is 0.416 e. The number of hydrogen-bond acceptors (Lipinski definition) is 3. The smallest absolute Gasteiger partial charge is 0.372 e. The highest BCUT2D eigenvalue weighted by Gasteiger charge is 2.31. The van der Waals surface area contributed by atoms with E-state index in [0.717, 1.165) is 18.6 Å². The van der Waals surface area contributed by atoms with Crippen molar-refractivity contribution in [3.63, 3.8) is 0 Å². The van der Waals surface area contributed by atoms with Gasteiger partial charge >= 0.3 is 6.18 Å². The van der Waals surface area contributed by atoms with Gasteiger partial charge in [-0.05, 0) is 24.6 Å². The molecule has 1 N–H and O–H groups in total. The number of amides is 1. The summed E-state index contributed by atoms with van der Waals surface area (Å²) in [5, 5.41) is 11.2. The first kappa shape index (κ1) is 16.0. The van der Waals surface area contributed by atoms with Crippen molar-refractivity contribution in [2.45, 2.75) is 19.5 Å². The van der Waals surface area contributed by atoms with Crippen molar-refractivity contribution >= 4 is 11.6 Å². The summed E-state index contributed by atoms with van der Waals surface area (Å²) in [5.41, 5.74) is -1.15. The quantitative estimate of drug-likeness (QED) is 0.846. The summed E-state index contributed by atoms with van der Waals surface area (Å²) in [6.07, 6.45) is -3.78. The molecule has 1 rings (SSSR count). The molecule has 0 atom stereocenters. The third kappa shape index (κ3) is 4.55. The molecule has 0 aliphatic carbocycles. The van der Waals surface area contributed by atoms with E-state index in [0.29, 0.717) is 12.7 Å². The van der Waals surface area contributed by atoms with Crippen molar-refractivity contribution in [2.24, 2.45) is 0 Å². The monoisotopic (exact) mass is 286 g/mol. The number of hydrogen-bond donors (Lipinski definition) is 1. The standard InChI is InChI=1S/C13H13F3N2O2/c1-2-5-20-8-12(19)18-11-4-3-10(13(14,15)16)6-9(11)7-17/h3-4,6H,2,5,8H2,1H3,(H,18,19). The van der Waals surface area contributed by atoms with Gasteiger partial charge in [-0.3, -0.25) is 4.79 Å². The first-order valence-corrected chi connectivity index (χ1v) is 5.87. The van der Waals surface area contributed by atoms with E-state index < -0.39 is 17.6 Å². The highest BCUT2D eigenvalue weighted by molar-refractivity contribution is 5.93. The van der Waals surface area contributed by atoms with E-state index in [1.807, 2.05) is 6.92 Å². The summed E-state index contributed by atoms with van der Waals surface area (Å²) >= 11 is 0. The molecular weight excluding hydrogens is 273 g/mol. The van der Waals surface area contributed by atoms with Gasteiger partial charge in [0.1, 0.15) is 12.7 Å². The molecule has 0 aliphatic rings. The molecule has 0 spiro atoms. The van der Waals surface area contributed by atoms with E-state index in [9.17, 15) is 18.0 Å². The van der Waals surface area contributed by atoms with Crippen LogP contribution in [0.15, 0.2) is 18.2 Å². The molecule has 0 saturated heterocycles. The summed E-state index contributed by atoms with van der Waals surface area (Å²) < 4.78 is 42.5. The molecule has 0 aromatic heterocycles. The fourth-order valence-electron chi connectivity index (χ4n) is 1.42. The van der Waals surface area contributed by atoms with E-state index >= 15 is 0 Å². The molecule has 7 heteroatoms. The molecule has 1 aromatic rings. The van der Waals surface area contributed by atoms with Crippen molar-refractivity contribution in [3.8, 4) is 6.07 Å². The SMILES string of the molecule is CCCOCC(=O)Nc1ccc(C(F)(F)F)cc1C#N. The summed E-state index contributed by atoms with van der Waals surface area (Å²) in [7, 11) is 0. The lowest BCUT2D eigenvalue weighted by Crippen LogP contribution is -2.19. The van der Waals surface area contributed by atoms with E-state index in [2.05, 4.69) is 5.32 Å². The number of halogens is 3. The summed E-state index contributed by atoms with van der Waals surface area (Å²) in [6.45, 7) is 2.08. The summed E-state index contributed by atoms with van der Waals surface area (Å²) in [4.78, 5) is 11.5. The lowest BCUT2D eigenvalue weighted by molar-refractivity contribution is -0.137. The Balaban J connectivity index is 2.81. The van der Waals surface area contributed by atoms with Crippen LogP contribution in [0.3, 0.4) is 0 Å². The average molecular weight is 286 g/mol. The third-order valence-electron chi connectivity index (χ3n) is 2.32. The second-order valence-electron chi connectivity index (χ2n) is 3.97. The fraction of sp³-hybridized carbons (Fsp3) is 0.385. The normalized spacial score (nSPS) is 10.9. The molecule has 0 bridgehead atoms. The minimum atomic E-state index is -4.53. The van der Waals surface area contributed by atoms with Gasteiger partial charge in [0, 0.05) is 6.61 Å². The minimum absolute atomic E-state index is 0.0330. The van der Waals surface area contributed by atoms with Crippen LogP contribution in [0.1, 0.15) is 24.5 Å². The molecule has 0 radical (unpaired) electrons. The lowest BCUT2D eigenvalue weighted by atomic mass is 10.1. The number of nitrogens with zero attached hydrogens (tertiary/aromatic N) is 1. The number of rotatable bonds is 5. The molecule has 0 aliphatic heterocycles. The first-order valence-electron chi connectivity index (χ1n) is 5.87. The van der Waals surface area contributed by atoms with E-state index in [-0.39, 0.29) is 17.9 Å². The number of anilines is 1. The number of alkyl halides is 3. The summed E-state index contributed by atoms with van der Waals surface area (Å²) in [6, 6.07) is 4.19. The predicted octanol–water partition coefficient (Wildman–Crippen LogP) is 2.94. The van der Waals surface area contributed by atoms with Crippen LogP contribution in [-0.4, -0.2) is 19.1 Å². The number of ether oxygens (including phenoxy) is 1. The van der Waals surface area contributed by atoms with Crippen molar-refractivity contribution in [1.82, 2.24) is 0 Å². The first-order chi connectivity index (χ1) is 9.38. The molecule has 4 nitrogen and oxygen atoms in total. The number of carbonyl (C=O) groups excluding carboxylic acids is 1. The third-order valence-corrected chi connectivity index (χ3v) is 2.32. The zero-order valence-corrected chi connectivity index (χ0v) is 10.8. The Hall–Kier alpha value is -2.07. The van der Waals surface area contributed by atoms with Crippen LogP contribution in [0.25, 0.3) is 0 Å². The van der Waals surface area contributed by atoms with Gasteiger partial charge in [-0.15, -0.1) is 0 Å². The second-order valence-corrected chi connectivity index (χ2v) is 3.97. The number of nitriles is 1. The molecule has 0 saturated carbocycles. The van der Waals surface area contributed by atoms with E-state index in [4.69, 9.17) is 10.00 Å². The predicted molar refractivity (Wildman–Crippen MR) is 65.9 cm³/mol. The molecule has 1 aromatic carbocycles. The molecule has 108 valence electrons. The molecule has 0 fully saturated rings. The van der Waals surface area contributed by atoms with Crippen molar-refractivity contribution in [1.29, 1.82) is 5.26 Å². The maximum atomic E-state index is 12.5. The minimum Gasteiger partial charge on any atom is -0.372 e. The van der Waals surface area contributed by atoms with E-state index in [1.54, 1.807) is 6.07 Å². The Bertz CT molecular complexity index is 521. The topological polar surface area (TPSA) is 62.1 Å². The van der Waals surface area contributed by atoms with Gasteiger partial charge in [0.25, 0.3) is 0 Å². The van der Waals surface area contributed by atoms with E-state index in [1.165, 1.54) is 0 Å². The van der Waals surface area contributed by atoms with Gasteiger partial charge in [-0.1, -0.05) is 6.92 Å². The van der Waals surface area contributed by atoms with Crippen LogP contribution in [-0.2, 0) is 15.7 Å². The van der Waals surface area contributed by atoms with Crippen molar-refractivity contribution < 1.29 is 22.7 Å². The van der Waals surface area contributed by atoms with Crippen LogP contribution in [0, 0.1) is 11.3 Å². The maximum absolute atomic E-state index is 12.5. The van der Waals surface area contributed by atoms with Crippen molar-refractivity contribution in [3.05, 3.63) is 29.3 Å². The van der Waals surface area contributed by atoms with Crippen LogP contribution >= 0.6 is 0 Å². The van der Waals surface area contributed by atoms with Crippen LogP contribution in [0.2, 0.25) is 0 Å². The highest BCUT2D eigenvalue weighted by atomic mass is 19.4. The average Bonchev–Trinajstić information content (AvgIpc) is 2.38. The van der Waals surface area contributed by atoms with Crippen molar-refractivity contribution in [2.75, 3.05) is 18.5 Å². The zero-order valence-electron chi connectivity index (χ0n) is 10.8. The Morgan fingerprint density at radius 2 is 2.15 bits per heavy atom. The Labute approximate surface area is 114 Å². The van der Waals surface area contributed by atoms with Gasteiger partial charge in [0.05, 0.1) is 16.8 Å². The van der Waals surface area contributed by atoms with Crippen LogP contribution in [0.5, 0.6) is 0 Å². The van der Waals surface area contributed by atoms with Gasteiger partial charge in [0.15, 0.2) is 0 Å². The van der Waals surface area contributed by atoms with Gasteiger partial charge in [0.2, 0.25) is 5.91 Å². The zero-order chi connectivity index (χ0) is 15.2. The molecular formula is C13H13F3N2O2. The van der Waals surface area contributed by atoms with Gasteiger partial charge in [-0.2, -0.15) is 18.4 Å².